The number of carbonyl (C=O) groups excluding carboxylic acids is 11. The summed E-state index contributed by atoms with van der Waals surface area (Å²) in [5.74, 6) is -11.1. The molecule has 12 atom stereocenters. The number of aliphatic hydroxyl groups excluding tert-OH is 1. The second-order valence-electron chi connectivity index (χ2n) is 27.5. The first-order valence-electron chi connectivity index (χ1n) is 31.4. The summed E-state index contributed by atoms with van der Waals surface area (Å²) in [5, 5.41) is 17.8. The number of nitrogens with zero attached hydrogens (tertiary/aromatic N) is 7. The van der Waals surface area contributed by atoms with Crippen LogP contribution in [0.5, 0.6) is 0 Å². The van der Waals surface area contributed by atoms with Gasteiger partial charge in [-0.2, -0.15) is 0 Å². The van der Waals surface area contributed by atoms with Gasteiger partial charge in [-0.1, -0.05) is 123 Å². The number of hydrogen-bond acceptors (Lipinski definition) is 12. The second-order valence-corrected chi connectivity index (χ2v) is 27.5. The summed E-state index contributed by atoms with van der Waals surface area (Å²) >= 11 is 0. The van der Waals surface area contributed by atoms with Crippen molar-refractivity contribution >= 4 is 64.7 Å². The van der Waals surface area contributed by atoms with Gasteiger partial charge in [-0.15, -0.1) is 0 Å². The van der Waals surface area contributed by atoms with E-state index in [9.17, 15) is 43.5 Å². The molecule has 86 heavy (non-hydrogen) atoms. The summed E-state index contributed by atoms with van der Waals surface area (Å²) in [5.41, 5.74) is 0. The highest BCUT2D eigenvalue weighted by Gasteiger charge is 2.46. The maximum absolute atomic E-state index is 15.2. The standard InChI is InChI=1S/C65H115N9O12/c1-26-27-28-43(16)57(78)56-52(76)34-46(40(10)11)61(82)68(19)35-53(77)69(20)48(30-37(4)5)59(80)67-54(41(12)13)64(85)70(21)47(29-36(2)3)51(75)33-44(17)58(79)66-45(18)60(81)71(22)49(31-38(6)7)62(83)72(23)50(32-39(8)9)63(84)73(24)55(42(14)15)65(86)74(56)25/h26-27,36-50,54-57,78H,28-35H2,1-25H3,(H,66,79)(H,67,80)/b27-26+/t43-,44-,45-,46+,47+,48+,49+,50+,54+,55?,56-,57-/m1/s1. The van der Waals surface area contributed by atoms with E-state index in [1.165, 1.54) is 85.7 Å². The van der Waals surface area contributed by atoms with Gasteiger partial charge in [0.2, 0.25) is 53.2 Å². The summed E-state index contributed by atoms with van der Waals surface area (Å²) in [4.78, 5) is 170. The maximum atomic E-state index is 15.2. The number of ketones is 2. The molecule has 1 aliphatic rings. The molecule has 0 radical (unpaired) electrons. The SMILES string of the molecule is C/C=C/C[C@@H](C)[C@@H](O)[C@H]1C(=O)C[C@@H](C(C)C)C(=O)N(C)CC(=O)N(C)[C@@H](CC(C)C)C(=O)N[C@@H](C(C)C)C(=O)N(C)[C@@H](CC(C)C)C(=O)C[C@@H](C)C(=O)N[C@H](C)C(=O)N(C)[C@@H](CC(C)C)C(=O)N(C)[C@@H](CC(C)C)C(=O)N(C)C(C(C)C)C(=O)N1C. The lowest BCUT2D eigenvalue weighted by molar-refractivity contribution is -0.157. The minimum Gasteiger partial charge on any atom is -0.390 e. The van der Waals surface area contributed by atoms with Gasteiger partial charge < -0.3 is 50.0 Å². The fraction of sp³-hybridized carbons (Fsp3) is 0.800. The van der Waals surface area contributed by atoms with Crippen molar-refractivity contribution in [3.05, 3.63) is 12.2 Å². The third-order valence-electron chi connectivity index (χ3n) is 16.9. The van der Waals surface area contributed by atoms with Crippen LogP contribution < -0.4 is 10.6 Å². The fourth-order valence-corrected chi connectivity index (χ4v) is 11.4. The third-order valence-corrected chi connectivity index (χ3v) is 16.9. The Kier molecular flexibility index (Phi) is 32.1. The van der Waals surface area contributed by atoms with Crippen molar-refractivity contribution in [2.24, 2.45) is 59.2 Å². The van der Waals surface area contributed by atoms with Crippen LogP contribution in [0.1, 0.15) is 170 Å². The summed E-state index contributed by atoms with van der Waals surface area (Å²) in [7, 11) is 10.1. The predicted molar refractivity (Wildman–Crippen MR) is 335 cm³/mol. The Labute approximate surface area is 516 Å². The van der Waals surface area contributed by atoms with E-state index in [0.717, 1.165) is 4.90 Å². The lowest BCUT2D eigenvalue weighted by atomic mass is 9.83. The monoisotopic (exact) mass is 1210 g/mol. The van der Waals surface area contributed by atoms with Gasteiger partial charge in [0, 0.05) is 74.0 Å². The molecule has 1 unspecified atom stereocenters. The van der Waals surface area contributed by atoms with Crippen molar-refractivity contribution < 1.29 is 57.8 Å². The van der Waals surface area contributed by atoms with Crippen molar-refractivity contribution in [3.8, 4) is 0 Å². The zero-order valence-electron chi connectivity index (χ0n) is 57.3. The predicted octanol–water partition coefficient (Wildman–Crippen LogP) is 5.70. The molecule has 0 aromatic carbocycles. The Morgan fingerprint density at radius 1 is 0.465 bits per heavy atom. The van der Waals surface area contributed by atoms with Crippen LogP contribution in [0.2, 0.25) is 0 Å². The van der Waals surface area contributed by atoms with Crippen LogP contribution in [-0.4, -0.2) is 214 Å². The smallest absolute Gasteiger partial charge is 0.246 e. The van der Waals surface area contributed by atoms with Gasteiger partial charge in [-0.3, -0.25) is 52.7 Å². The third kappa shape index (κ3) is 21.8. The molecule has 492 valence electrons. The lowest BCUT2D eigenvalue weighted by Gasteiger charge is -2.41. The molecule has 21 heteroatoms. The molecular formula is C65H115N9O12. The second kappa shape index (κ2) is 35.3. The van der Waals surface area contributed by atoms with Crippen molar-refractivity contribution in [2.45, 2.75) is 224 Å². The van der Waals surface area contributed by atoms with Crippen molar-refractivity contribution in [1.82, 2.24) is 44.9 Å². The maximum Gasteiger partial charge on any atom is 0.246 e. The molecule has 0 aromatic rings. The quantitative estimate of drug-likeness (QED) is 0.167. The topological polar surface area (TPSA) is 255 Å². The van der Waals surface area contributed by atoms with Crippen LogP contribution in [0.3, 0.4) is 0 Å². The Hall–Kier alpha value is -5.73. The molecule has 0 aromatic heterocycles. The minimum absolute atomic E-state index is 0.0869. The molecule has 1 fully saturated rings. The van der Waals surface area contributed by atoms with E-state index in [4.69, 9.17) is 0 Å². The zero-order chi connectivity index (χ0) is 66.8. The molecule has 1 rings (SSSR count). The number of hydrogen-bond donors (Lipinski definition) is 3. The summed E-state index contributed by atoms with van der Waals surface area (Å²) in [6.07, 6.45) is 2.52. The molecule has 0 aliphatic carbocycles. The molecule has 21 nitrogen and oxygen atoms in total. The summed E-state index contributed by atoms with van der Waals surface area (Å²) < 4.78 is 0. The first kappa shape index (κ1) is 78.3. The van der Waals surface area contributed by atoms with Gasteiger partial charge in [0.15, 0.2) is 11.6 Å². The van der Waals surface area contributed by atoms with Crippen LogP contribution in [-0.2, 0) is 52.7 Å². The highest BCUT2D eigenvalue weighted by molar-refractivity contribution is 5.99. The molecule has 1 heterocycles. The van der Waals surface area contributed by atoms with E-state index in [-0.39, 0.29) is 55.8 Å². The van der Waals surface area contributed by atoms with Gasteiger partial charge in [-0.25, -0.2) is 0 Å². The number of aliphatic hydroxyl groups is 1. The van der Waals surface area contributed by atoms with E-state index >= 15 is 14.4 Å². The number of Topliss-reactive ketones (excluding diaryl/α,β-unsaturated/α-hetero) is 2. The van der Waals surface area contributed by atoms with Crippen LogP contribution in [0.25, 0.3) is 0 Å². The highest BCUT2D eigenvalue weighted by atomic mass is 16.3. The summed E-state index contributed by atoms with van der Waals surface area (Å²) in [6, 6.07) is -9.45. The van der Waals surface area contributed by atoms with Gasteiger partial charge >= 0.3 is 0 Å². The number of rotatable bonds is 15. The van der Waals surface area contributed by atoms with Crippen molar-refractivity contribution in [3.63, 3.8) is 0 Å². The minimum atomic E-state index is -1.51. The van der Waals surface area contributed by atoms with Gasteiger partial charge in [0.25, 0.3) is 0 Å². The van der Waals surface area contributed by atoms with E-state index in [1.54, 1.807) is 61.5 Å². The van der Waals surface area contributed by atoms with Crippen LogP contribution in [0.15, 0.2) is 12.2 Å². The molecule has 1 saturated heterocycles. The van der Waals surface area contributed by atoms with Crippen LogP contribution in [0.4, 0.5) is 0 Å². The highest BCUT2D eigenvalue weighted by Crippen LogP contribution is 2.28. The number of allylic oxidation sites excluding steroid dienone is 2. The average Bonchev–Trinajstić information content (AvgIpc) is 2.16. The van der Waals surface area contributed by atoms with Gasteiger partial charge in [-0.05, 0) is 93.3 Å². The van der Waals surface area contributed by atoms with E-state index < -0.39 is 168 Å². The van der Waals surface area contributed by atoms with E-state index in [0.29, 0.717) is 6.42 Å². The Morgan fingerprint density at radius 3 is 1.36 bits per heavy atom. The van der Waals surface area contributed by atoms with E-state index in [1.807, 2.05) is 68.4 Å². The van der Waals surface area contributed by atoms with Gasteiger partial charge in [0.1, 0.15) is 42.3 Å². The first-order chi connectivity index (χ1) is 39.6. The molecule has 1 aliphatic heterocycles. The summed E-state index contributed by atoms with van der Waals surface area (Å²) in [6.45, 7) is 31.7. The van der Waals surface area contributed by atoms with Crippen LogP contribution in [0, 0.1) is 59.2 Å². The normalized spacial score (nSPS) is 27.0. The number of likely N-dealkylation sites (N-methyl/N-ethyl adjacent to an activating group) is 7. The Balaban J connectivity index is 4.37. The van der Waals surface area contributed by atoms with Crippen LogP contribution >= 0.6 is 0 Å². The number of carbonyl (C=O) groups is 11. The molecule has 9 amide bonds. The zero-order valence-corrected chi connectivity index (χ0v) is 57.3. The Bertz CT molecular complexity index is 2350. The van der Waals surface area contributed by atoms with Crippen molar-refractivity contribution in [1.29, 1.82) is 0 Å². The number of nitrogens with one attached hydrogen (secondary N) is 2. The fourth-order valence-electron chi connectivity index (χ4n) is 11.4. The van der Waals surface area contributed by atoms with Gasteiger partial charge in [0.05, 0.1) is 18.7 Å². The Morgan fingerprint density at radius 2 is 0.907 bits per heavy atom. The first-order valence-corrected chi connectivity index (χ1v) is 31.4. The number of amides is 9. The average molecular weight is 1210 g/mol. The van der Waals surface area contributed by atoms with Crippen molar-refractivity contribution in [2.75, 3.05) is 55.9 Å². The molecule has 0 saturated carbocycles. The largest absolute Gasteiger partial charge is 0.390 e. The molecule has 0 spiro atoms. The molecule has 3 N–H and O–H groups in total. The molecule has 0 bridgehead atoms. The molecular weight excluding hydrogens is 1100 g/mol. The van der Waals surface area contributed by atoms with E-state index in [2.05, 4.69) is 10.6 Å². The lowest BCUT2D eigenvalue weighted by Crippen LogP contribution is -2.61.